The zero-order chi connectivity index (χ0) is 11.3. The molecule has 0 unspecified atom stereocenters. The van der Waals surface area contributed by atoms with E-state index in [4.69, 9.17) is 11.6 Å². The van der Waals surface area contributed by atoms with Gasteiger partial charge in [-0.25, -0.2) is 0 Å². The number of carbonyl (C=O) groups excluding carboxylic acids is 2. The third-order valence-corrected chi connectivity index (χ3v) is 2.99. The molecule has 1 saturated carbocycles. The average molecular weight is 234 g/mol. The van der Waals surface area contributed by atoms with Crippen LogP contribution in [0.1, 0.15) is 32.1 Å². The predicted molar refractivity (Wildman–Crippen MR) is 56.8 cm³/mol. The van der Waals surface area contributed by atoms with Gasteiger partial charge in [0.15, 0.2) is 0 Å². The molecule has 0 heterocycles. The maximum atomic E-state index is 11.2. The van der Waals surface area contributed by atoms with Crippen molar-refractivity contribution in [2.75, 3.05) is 13.7 Å². The van der Waals surface area contributed by atoms with Crippen LogP contribution in [0, 0.1) is 0 Å². The van der Waals surface area contributed by atoms with E-state index in [2.05, 4.69) is 4.74 Å². The predicted octanol–water partition coefficient (Wildman–Crippen LogP) is 2.15. The molecule has 0 aromatic rings. The second-order valence-corrected chi connectivity index (χ2v) is 4.07. The fourth-order valence-electron chi connectivity index (χ4n) is 1.93. The van der Waals surface area contributed by atoms with Crippen molar-refractivity contribution in [3.63, 3.8) is 0 Å². The van der Waals surface area contributed by atoms with Crippen LogP contribution in [0.25, 0.3) is 0 Å². The molecule has 4 nitrogen and oxygen atoms in total. The summed E-state index contributed by atoms with van der Waals surface area (Å²) in [6, 6.07) is 0.0999. The first kappa shape index (κ1) is 12.3. The Kier molecular flexibility index (Phi) is 4.88. The van der Waals surface area contributed by atoms with Gasteiger partial charge in [-0.1, -0.05) is 19.3 Å². The zero-order valence-corrected chi connectivity index (χ0v) is 9.63. The van der Waals surface area contributed by atoms with Crippen LogP contribution in [0.15, 0.2) is 0 Å². The Balaban J connectivity index is 2.55. The molecular weight excluding hydrogens is 218 g/mol. The Labute approximate surface area is 94.5 Å². The highest BCUT2D eigenvalue weighted by molar-refractivity contribution is 6.62. The molecule has 1 fully saturated rings. The molecule has 15 heavy (non-hydrogen) atoms. The minimum absolute atomic E-state index is 0.0382. The highest BCUT2D eigenvalue weighted by Gasteiger charge is 2.26. The third-order valence-electron chi connectivity index (χ3n) is 2.77. The first-order valence-electron chi connectivity index (χ1n) is 5.18. The van der Waals surface area contributed by atoms with Gasteiger partial charge in [0.2, 0.25) is 0 Å². The molecule has 1 aliphatic carbocycles. The Bertz CT molecular complexity index is 239. The van der Waals surface area contributed by atoms with Crippen molar-refractivity contribution >= 4 is 22.9 Å². The summed E-state index contributed by atoms with van der Waals surface area (Å²) in [7, 11) is 1.31. The number of nitrogens with zero attached hydrogens (tertiary/aromatic N) is 1. The molecule has 0 saturated heterocycles. The SMILES string of the molecule is COC(=O)CN(C(=O)Cl)C1CCCCC1. The first-order chi connectivity index (χ1) is 7.15. The van der Waals surface area contributed by atoms with Crippen molar-refractivity contribution in [3.8, 4) is 0 Å². The van der Waals surface area contributed by atoms with Crippen LogP contribution < -0.4 is 0 Å². The van der Waals surface area contributed by atoms with Gasteiger partial charge in [0.25, 0.3) is 0 Å². The van der Waals surface area contributed by atoms with Gasteiger partial charge in [-0.3, -0.25) is 9.59 Å². The lowest BCUT2D eigenvalue weighted by atomic mass is 9.94. The van der Waals surface area contributed by atoms with Gasteiger partial charge >= 0.3 is 11.3 Å². The molecule has 0 bridgehead atoms. The highest BCUT2D eigenvalue weighted by Crippen LogP contribution is 2.23. The van der Waals surface area contributed by atoms with Crippen molar-refractivity contribution < 1.29 is 14.3 Å². The lowest BCUT2D eigenvalue weighted by Gasteiger charge is -2.31. The van der Waals surface area contributed by atoms with Gasteiger partial charge in [-0.15, -0.1) is 0 Å². The maximum Gasteiger partial charge on any atom is 0.325 e. The largest absolute Gasteiger partial charge is 0.468 e. The quantitative estimate of drug-likeness (QED) is 0.426. The fourth-order valence-corrected chi connectivity index (χ4v) is 2.13. The Morgan fingerprint density at radius 2 is 1.93 bits per heavy atom. The molecule has 1 rings (SSSR count). The molecule has 1 aliphatic rings. The van der Waals surface area contributed by atoms with Crippen LogP contribution in [0.5, 0.6) is 0 Å². The van der Waals surface area contributed by atoms with Gasteiger partial charge in [0.1, 0.15) is 6.54 Å². The third kappa shape index (κ3) is 3.70. The standard InChI is InChI=1S/C10H16ClNO3/c1-15-9(13)7-12(10(11)14)8-5-3-2-4-6-8/h8H,2-7H2,1H3. The van der Waals surface area contributed by atoms with Crippen molar-refractivity contribution in [1.82, 2.24) is 4.90 Å². The van der Waals surface area contributed by atoms with Crippen LogP contribution in [0.4, 0.5) is 4.79 Å². The number of amides is 1. The van der Waals surface area contributed by atoms with Crippen LogP contribution >= 0.6 is 11.6 Å². The average Bonchev–Trinajstić information content (AvgIpc) is 2.26. The summed E-state index contributed by atoms with van der Waals surface area (Å²) in [4.78, 5) is 23.7. The minimum atomic E-state index is -0.563. The van der Waals surface area contributed by atoms with Gasteiger partial charge in [-0.05, 0) is 24.4 Å². The van der Waals surface area contributed by atoms with Gasteiger partial charge in [0.05, 0.1) is 7.11 Å². The van der Waals surface area contributed by atoms with E-state index in [1.54, 1.807) is 0 Å². The minimum Gasteiger partial charge on any atom is -0.468 e. The second kappa shape index (κ2) is 5.95. The fraction of sp³-hybridized carbons (Fsp3) is 0.800. The van der Waals surface area contributed by atoms with E-state index in [1.165, 1.54) is 18.4 Å². The van der Waals surface area contributed by atoms with Gasteiger partial charge in [0, 0.05) is 6.04 Å². The summed E-state index contributed by atoms with van der Waals surface area (Å²) in [5.41, 5.74) is 0. The lowest BCUT2D eigenvalue weighted by molar-refractivity contribution is -0.141. The zero-order valence-electron chi connectivity index (χ0n) is 8.87. The van der Waals surface area contributed by atoms with Crippen molar-refractivity contribution in [2.24, 2.45) is 0 Å². The number of hydrogen-bond donors (Lipinski definition) is 0. The number of halogens is 1. The van der Waals surface area contributed by atoms with E-state index in [-0.39, 0.29) is 12.6 Å². The van der Waals surface area contributed by atoms with Crippen LogP contribution in [0.3, 0.4) is 0 Å². The van der Waals surface area contributed by atoms with E-state index in [9.17, 15) is 9.59 Å². The molecule has 86 valence electrons. The summed E-state index contributed by atoms with van der Waals surface area (Å²) in [6.45, 7) is -0.0382. The Morgan fingerprint density at radius 3 is 2.40 bits per heavy atom. The molecule has 1 amide bonds. The molecule has 0 atom stereocenters. The maximum absolute atomic E-state index is 11.2. The van der Waals surface area contributed by atoms with Crippen molar-refractivity contribution in [1.29, 1.82) is 0 Å². The van der Waals surface area contributed by atoms with Crippen LogP contribution in [-0.4, -0.2) is 35.9 Å². The molecule has 0 radical (unpaired) electrons. The Morgan fingerprint density at radius 1 is 1.33 bits per heavy atom. The number of rotatable bonds is 3. The molecule has 5 heteroatoms. The number of esters is 1. The lowest BCUT2D eigenvalue weighted by Crippen LogP contribution is -2.42. The number of carbonyl (C=O) groups is 2. The summed E-state index contributed by atoms with van der Waals surface area (Å²) < 4.78 is 4.53. The normalized spacial score (nSPS) is 17.2. The van der Waals surface area contributed by atoms with E-state index in [0.29, 0.717) is 0 Å². The van der Waals surface area contributed by atoms with E-state index in [1.807, 2.05) is 0 Å². The molecule has 0 spiro atoms. The smallest absolute Gasteiger partial charge is 0.325 e. The van der Waals surface area contributed by atoms with Gasteiger partial charge in [-0.2, -0.15) is 0 Å². The summed E-state index contributed by atoms with van der Waals surface area (Å²) in [6.07, 6.45) is 5.23. The molecular formula is C10H16ClNO3. The topological polar surface area (TPSA) is 46.6 Å². The van der Waals surface area contributed by atoms with Crippen LogP contribution in [0.2, 0.25) is 0 Å². The number of hydrogen-bond acceptors (Lipinski definition) is 3. The van der Waals surface area contributed by atoms with E-state index >= 15 is 0 Å². The van der Waals surface area contributed by atoms with E-state index in [0.717, 1.165) is 25.7 Å². The Hall–Kier alpha value is -0.770. The van der Waals surface area contributed by atoms with E-state index < -0.39 is 11.3 Å². The second-order valence-electron chi connectivity index (χ2n) is 3.75. The summed E-state index contributed by atoms with van der Waals surface area (Å²) in [5, 5.41) is -0.563. The van der Waals surface area contributed by atoms with Crippen molar-refractivity contribution in [2.45, 2.75) is 38.1 Å². The van der Waals surface area contributed by atoms with Gasteiger partial charge < -0.3 is 9.64 Å². The molecule has 0 aromatic heterocycles. The summed E-state index contributed by atoms with van der Waals surface area (Å²) >= 11 is 5.46. The number of methoxy groups -OCH3 is 1. The molecule has 0 aliphatic heterocycles. The monoisotopic (exact) mass is 233 g/mol. The van der Waals surface area contributed by atoms with Crippen molar-refractivity contribution in [3.05, 3.63) is 0 Å². The highest BCUT2D eigenvalue weighted by atomic mass is 35.5. The summed E-state index contributed by atoms with van der Waals surface area (Å²) in [5.74, 6) is -0.422. The molecule has 0 N–H and O–H groups in total. The number of ether oxygens (including phenoxy) is 1. The first-order valence-corrected chi connectivity index (χ1v) is 5.56. The molecule has 0 aromatic carbocycles. The van der Waals surface area contributed by atoms with Crippen LogP contribution in [-0.2, 0) is 9.53 Å².